The molecule has 3 N–H and O–H groups in total. The molecular formula is C42H78O10Zn. The largest absolute Gasteiger partial charge is 2.00 e. The minimum Gasteiger partial charge on any atom is -0.550 e. The zero-order valence-corrected chi connectivity index (χ0v) is 37.0. The van der Waals surface area contributed by atoms with E-state index in [0.717, 1.165) is 25.7 Å². The van der Waals surface area contributed by atoms with Crippen LogP contribution < -0.4 is 10.2 Å². The van der Waals surface area contributed by atoms with E-state index in [1.54, 1.807) is 0 Å². The number of carbonyl (C=O) groups excluding carboxylic acids is 2. The molecule has 0 atom stereocenters. The van der Waals surface area contributed by atoms with Gasteiger partial charge >= 0.3 is 37.4 Å². The van der Waals surface area contributed by atoms with Gasteiger partial charge in [0, 0.05) is 11.9 Å². The minimum atomic E-state index is -1.40. The molecule has 0 fully saturated rings. The molecule has 0 aliphatic rings. The average molecular weight is 808 g/mol. The van der Waals surface area contributed by atoms with Crippen LogP contribution >= 0.6 is 0 Å². The second kappa shape index (κ2) is 48.0. The van der Waals surface area contributed by atoms with Gasteiger partial charge in [0.15, 0.2) is 0 Å². The number of aliphatic carboxylic acids is 5. The fourth-order valence-electron chi connectivity index (χ4n) is 5.95. The Morgan fingerprint density at radius 1 is 0.377 bits per heavy atom. The van der Waals surface area contributed by atoms with E-state index in [9.17, 15) is 34.2 Å². The summed E-state index contributed by atoms with van der Waals surface area (Å²) >= 11 is 0. The van der Waals surface area contributed by atoms with Crippen LogP contribution in [0.5, 0.6) is 0 Å². The Labute approximate surface area is 335 Å². The minimum absolute atomic E-state index is 0. The van der Waals surface area contributed by atoms with E-state index in [0.29, 0.717) is 0 Å². The van der Waals surface area contributed by atoms with Gasteiger partial charge in [0.2, 0.25) is 0 Å². The van der Waals surface area contributed by atoms with Crippen molar-refractivity contribution in [1.82, 2.24) is 0 Å². The smallest absolute Gasteiger partial charge is 0.550 e. The van der Waals surface area contributed by atoms with E-state index >= 15 is 0 Å². The maximum Gasteiger partial charge on any atom is 2.00 e. The molecule has 10 nitrogen and oxygen atoms in total. The summed E-state index contributed by atoms with van der Waals surface area (Å²) in [7, 11) is 0. The third kappa shape index (κ3) is 59.5. The standard InChI is InChI=1S/2C18H36O2.C6H8O6.Zn/c2*1-2-3-4-5-6-7-8-9-10-11-12-13-14-15-16-17-18(19)20;7-4(8)1-3(6(11)12)2-5(9)10;/h2*2-17H2,1H3,(H,19,20);3H,1-2H2,(H,7,8)(H,9,10)(H,11,12);/q;;;+2/p-2. The molecule has 0 amide bonds. The van der Waals surface area contributed by atoms with Gasteiger partial charge in [-0.05, 0) is 25.7 Å². The Kier molecular flexibility index (Phi) is 52.2. The van der Waals surface area contributed by atoms with E-state index in [4.69, 9.17) is 15.3 Å². The Bertz CT molecular complexity index is 777. The average Bonchev–Trinajstić information content (AvgIpc) is 3.08. The Balaban J connectivity index is -0.000000348. The van der Waals surface area contributed by atoms with Crippen molar-refractivity contribution in [1.29, 1.82) is 0 Å². The van der Waals surface area contributed by atoms with Crippen molar-refractivity contribution in [2.75, 3.05) is 0 Å². The normalized spacial score (nSPS) is 10.4. The summed E-state index contributed by atoms with van der Waals surface area (Å²) in [6.45, 7) is 4.53. The van der Waals surface area contributed by atoms with Gasteiger partial charge in [-0.2, -0.15) is 0 Å². The van der Waals surface area contributed by atoms with Crippen molar-refractivity contribution in [3.05, 3.63) is 0 Å². The topological polar surface area (TPSA) is 192 Å². The van der Waals surface area contributed by atoms with Crippen LogP contribution in [-0.2, 0) is 43.5 Å². The second-order valence-corrected chi connectivity index (χ2v) is 14.4. The summed E-state index contributed by atoms with van der Waals surface area (Å²) in [5.41, 5.74) is 0. The molecule has 0 bridgehead atoms. The van der Waals surface area contributed by atoms with Crippen LogP contribution in [0.15, 0.2) is 0 Å². The molecule has 0 radical (unpaired) electrons. The fraction of sp³-hybridized carbons (Fsp3) is 0.881. The Hall–Kier alpha value is -2.03. The molecule has 11 heteroatoms. The molecule has 0 aromatic heterocycles. The number of carboxylic acids is 5. The predicted octanol–water partition coefficient (Wildman–Crippen LogP) is 9.63. The first-order valence-electron chi connectivity index (χ1n) is 21.0. The van der Waals surface area contributed by atoms with Gasteiger partial charge in [-0.15, -0.1) is 0 Å². The summed E-state index contributed by atoms with van der Waals surface area (Å²) in [5, 5.41) is 45.2. The molecule has 0 aliphatic carbocycles. The van der Waals surface area contributed by atoms with Crippen molar-refractivity contribution >= 4 is 29.8 Å². The molecule has 0 aliphatic heterocycles. The molecule has 0 aromatic rings. The van der Waals surface area contributed by atoms with Crippen molar-refractivity contribution in [3.8, 4) is 0 Å². The van der Waals surface area contributed by atoms with Crippen LogP contribution in [-0.4, -0.2) is 45.2 Å². The SMILES string of the molecule is CCCCCCCCCCCCCCCCCC(=O)[O-].CCCCCCCCCCCCCCCCCC(=O)[O-].O=C(O)CC(CC(=O)O)C(=O)O.[Zn+2]. The van der Waals surface area contributed by atoms with E-state index in [2.05, 4.69) is 13.8 Å². The zero-order valence-electron chi connectivity index (χ0n) is 34.0. The predicted molar refractivity (Wildman–Crippen MR) is 205 cm³/mol. The fourth-order valence-corrected chi connectivity index (χ4v) is 5.95. The van der Waals surface area contributed by atoms with Gasteiger partial charge in [0.25, 0.3) is 0 Å². The molecule has 53 heavy (non-hydrogen) atoms. The first-order chi connectivity index (χ1) is 25.0. The zero-order chi connectivity index (χ0) is 39.5. The number of hydrogen-bond donors (Lipinski definition) is 3. The van der Waals surface area contributed by atoms with Crippen LogP contribution in [0.3, 0.4) is 0 Å². The summed E-state index contributed by atoms with van der Waals surface area (Å²) < 4.78 is 0. The summed E-state index contributed by atoms with van der Waals surface area (Å²) in [5.74, 6) is -7.19. The van der Waals surface area contributed by atoms with Crippen molar-refractivity contribution in [2.24, 2.45) is 5.92 Å². The number of carboxylic acid groups (broad SMARTS) is 5. The molecule has 0 saturated heterocycles. The summed E-state index contributed by atoms with van der Waals surface area (Å²) in [4.78, 5) is 50.8. The molecular weight excluding hydrogens is 730 g/mol. The van der Waals surface area contributed by atoms with Gasteiger partial charge in [-0.1, -0.05) is 194 Å². The molecule has 0 heterocycles. The maximum absolute atomic E-state index is 10.2. The second-order valence-electron chi connectivity index (χ2n) is 14.4. The van der Waals surface area contributed by atoms with E-state index in [1.165, 1.54) is 167 Å². The maximum atomic E-state index is 10.2. The van der Waals surface area contributed by atoms with Crippen molar-refractivity contribution in [3.63, 3.8) is 0 Å². The molecule has 0 unspecified atom stereocenters. The third-order valence-electron chi connectivity index (χ3n) is 9.16. The molecule has 0 aromatic carbocycles. The van der Waals surface area contributed by atoms with Crippen LogP contribution in [0.4, 0.5) is 0 Å². The molecule has 0 rings (SSSR count). The van der Waals surface area contributed by atoms with Gasteiger partial charge < -0.3 is 35.1 Å². The number of carbonyl (C=O) groups is 5. The van der Waals surface area contributed by atoms with Crippen molar-refractivity contribution in [2.45, 2.75) is 232 Å². The molecule has 308 valence electrons. The Morgan fingerprint density at radius 2 is 0.566 bits per heavy atom. The van der Waals surface area contributed by atoms with Crippen LogP contribution in [0.2, 0.25) is 0 Å². The van der Waals surface area contributed by atoms with Gasteiger partial charge in [-0.25, -0.2) is 0 Å². The van der Waals surface area contributed by atoms with Gasteiger partial charge in [0.1, 0.15) is 0 Å². The first-order valence-corrected chi connectivity index (χ1v) is 21.0. The van der Waals surface area contributed by atoms with Crippen LogP contribution in [0, 0.1) is 5.92 Å². The molecule has 0 spiro atoms. The van der Waals surface area contributed by atoms with Gasteiger partial charge in [0.05, 0.1) is 18.8 Å². The number of unbranched alkanes of at least 4 members (excludes halogenated alkanes) is 28. The summed E-state index contributed by atoms with van der Waals surface area (Å²) in [6, 6.07) is 0. The monoisotopic (exact) mass is 806 g/mol. The van der Waals surface area contributed by atoms with Crippen LogP contribution in [0.1, 0.15) is 232 Å². The van der Waals surface area contributed by atoms with E-state index in [1.807, 2.05) is 0 Å². The first kappa shape index (κ1) is 57.7. The third-order valence-corrected chi connectivity index (χ3v) is 9.16. The quantitative estimate of drug-likeness (QED) is 0.0402. The molecule has 0 saturated carbocycles. The summed E-state index contributed by atoms with van der Waals surface area (Å²) in [6.07, 6.45) is 38.4. The van der Waals surface area contributed by atoms with E-state index < -0.39 is 48.6 Å². The number of hydrogen-bond acceptors (Lipinski definition) is 7. The van der Waals surface area contributed by atoms with Crippen molar-refractivity contribution < 1.29 is 69.0 Å². The van der Waals surface area contributed by atoms with Crippen LogP contribution in [0.25, 0.3) is 0 Å². The Morgan fingerprint density at radius 3 is 0.717 bits per heavy atom. The van der Waals surface area contributed by atoms with E-state index in [-0.39, 0.29) is 32.3 Å². The number of rotatable bonds is 37. The van der Waals surface area contributed by atoms with Gasteiger partial charge in [-0.3, -0.25) is 14.4 Å².